The van der Waals surface area contributed by atoms with Gasteiger partial charge in [-0.3, -0.25) is 4.90 Å². The van der Waals surface area contributed by atoms with Gasteiger partial charge in [-0.25, -0.2) is 0 Å². The van der Waals surface area contributed by atoms with Crippen LogP contribution >= 0.6 is 0 Å². The highest BCUT2D eigenvalue weighted by atomic mass is 16.5. The first-order valence-corrected chi connectivity index (χ1v) is 8.02. The zero-order chi connectivity index (χ0) is 13.5. The van der Waals surface area contributed by atoms with Crippen LogP contribution in [0.3, 0.4) is 0 Å². The number of rotatable bonds is 3. The van der Waals surface area contributed by atoms with Crippen molar-refractivity contribution in [2.45, 2.75) is 50.2 Å². The Morgan fingerprint density at radius 1 is 1.20 bits per heavy atom. The van der Waals surface area contributed by atoms with E-state index in [0.29, 0.717) is 12.1 Å². The summed E-state index contributed by atoms with van der Waals surface area (Å²) in [5.74, 6) is 0.992. The molecule has 0 amide bonds. The molecule has 1 N–H and O–H groups in total. The second-order valence-electron chi connectivity index (χ2n) is 6.46. The molecule has 3 unspecified atom stereocenters. The highest BCUT2D eigenvalue weighted by Crippen LogP contribution is 2.36. The van der Waals surface area contributed by atoms with Crippen LogP contribution in [0.25, 0.3) is 0 Å². The SMILES string of the molecule is COc1ccc2c(c1)C(NC1CCN3CCCC13)CC2. The number of nitrogens with one attached hydrogen (secondary N) is 1. The molecule has 3 heteroatoms. The summed E-state index contributed by atoms with van der Waals surface area (Å²) in [7, 11) is 1.76. The van der Waals surface area contributed by atoms with Crippen molar-refractivity contribution in [1.29, 1.82) is 0 Å². The van der Waals surface area contributed by atoms with Crippen molar-refractivity contribution >= 4 is 0 Å². The Bertz CT molecular complexity index is 502. The molecule has 1 aromatic carbocycles. The van der Waals surface area contributed by atoms with E-state index < -0.39 is 0 Å². The van der Waals surface area contributed by atoms with Gasteiger partial charge in [0.25, 0.3) is 0 Å². The number of hydrogen-bond donors (Lipinski definition) is 1. The summed E-state index contributed by atoms with van der Waals surface area (Å²) >= 11 is 0. The number of methoxy groups -OCH3 is 1. The number of nitrogens with zero attached hydrogens (tertiary/aromatic N) is 1. The highest BCUT2D eigenvalue weighted by Gasteiger charge is 2.38. The minimum atomic E-state index is 0.533. The smallest absolute Gasteiger partial charge is 0.119 e. The van der Waals surface area contributed by atoms with Crippen LogP contribution in [0.5, 0.6) is 5.75 Å². The van der Waals surface area contributed by atoms with Gasteiger partial charge in [0, 0.05) is 24.7 Å². The summed E-state index contributed by atoms with van der Waals surface area (Å²) in [6.45, 7) is 2.61. The first-order chi connectivity index (χ1) is 9.85. The molecule has 2 saturated heterocycles. The zero-order valence-electron chi connectivity index (χ0n) is 12.3. The molecule has 0 radical (unpaired) electrons. The largest absolute Gasteiger partial charge is 0.497 e. The van der Waals surface area contributed by atoms with Crippen LogP contribution in [0.4, 0.5) is 0 Å². The van der Waals surface area contributed by atoms with Gasteiger partial charge in [-0.05, 0) is 61.9 Å². The third kappa shape index (κ3) is 2.04. The minimum Gasteiger partial charge on any atom is -0.497 e. The standard InChI is InChI=1S/C17H24N2O/c1-20-13-6-4-12-5-7-15(14(12)11-13)18-16-8-10-19-9-2-3-17(16)19/h4,6,11,15-18H,2-3,5,7-10H2,1H3. The molecule has 1 aromatic rings. The maximum Gasteiger partial charge on any atom is 0.119 e. The van der Waals surface area contributed by atoms with Gasteiger partial charge in [-0.2, -0.15) is 0 Å². The number of benzene rings is 1. The van der Waals surface area contributed by atoms with E-state index >= 15 is 0 Å². The summed E-state index contributed by atoms with van der Waals surface area (Å²) in [5.41, 5.74) is 2.98. The molecule has 108 valence electrons. The third-order valence-electron chi connectivity index (χ3n) is 5.45. The van der Waals surface area contributed by atoms with Crippen molar-refractivity contribution < 1.29 is 4.74 Å². The van der Waals surface area contributed by atoms with E-state index in [1.165, 1.54) is 56.3 Å². The van der Waals surface area contributed by atoms with Crippen LogP contribution in [0, 0.1) is 0 Å². The van der Waals surface area contributed by atoms with E-state index in [0.717, 1.165) is 11.8 Å². The Kier molecular flexibility index (Phi) is 3.20. The summed E-state index contributed by atoms with van der Waals surface area (Å²) in [6.07, 6.45) is 6.54. The van der Waals surface area contributed by atoms with Crippen LogP contribution in [0.2, 0.25) is 0 Å². The van der Waals surface area contributed by atoms with Crippen molar-refractivity contribution in [2.24, 2.45) is 0 Å². The molecule has 2 aliphatic heterocycles. The highest BCUT2D eigenvalue weighted by molar-refractivity contribution is 5.40. The van der Waals surface area contributed by atoms with Gasteiger partial charge in [-0.15, -0.1) is 0 Å². The van der Waals surface area contributed by atoms with Crippen LogP contribution in [-0.2, 0) is 6.42 Å². The Balaban J connectivity index is 1.51. The fraction of sp³-hybridized carbons (Fsp3) is 0.647. The Labute approximate surface area is 121 Å². The number of hydrogen-bond acceptors (Lipinski definition) is 3. The van der Waals surface area contributed by atoms with Crippen LogP contribution < -0.4 is 10.1 Å². The molecule has 20 heavy (non-hydrogen) atoms. The van der Waals surface area contributed by atoms with Gasteiger partial charge in [0.1, 0.15) is 5.75 Å². The third-order valence-corrected chi connectivity index (χ3v) is 5.45. The summed E-state index contributed by atoms with van der Waals surface area (Å²) in [5, 5.41) is 3.96. The summed E-state index contributed by atoms with van der Waals surface area (Å²) in [4.78, 5) is 2.68. The minimum absolute atomic E-state index is 0.533. The molecule has 2 heterocycles. The van der Waals surface area contributed by atoms with Crippen LogP contribution in [0.15, 0.2) is 18.2 Å². The van der Waals surface area contributed by atoms with Gasteiger partial charge < -0.3 is 10.1 Å². The Morgan fingerprint density at radius 2 is 2.15 bits per heavy atom. The molecule has 0 spiro atoms. The van der Waals surface area contributed by atoms with E-state index in [-0.39, 0.29) is 0 Å². The lowest BCUT2D eigenvalue weighted by molar-refractivity contribution is 0.288. The van der Waals surface area contributed by atoms with E-state index in [1.807, 2.05) is 0 Å². The summed E-state index contributed by atoms with van der Waals surface area (Å²) < 4.78 is 5.39. The molecular weight excluding hydrogens is 248 g/mol. The monoisotopic (exact) mass is 272 g/mol. The number of ether oxygens (including phenoxy) is 1. The lowest BCUT2D eigenvalue weighted by Gasteiger charge is -2.25. The van der Waals surface area contributed by atoms with Crippen molar-refractivity contribution in [1.82, 2.24) is 10.2 Å². The lowest BCUT2D eigenvalue weighted by Crippen LogP contribution is -2.40. The molecule has 3 nitrogen and oxygen atoms in total. The van der Waals surface area contributed by atoms with E-state index in [9.17, 15) is 0 Å². The normalized spacial score (nSPS) is 32.4. The van der Waals surface area contributed by atoms with Crippen LogP contribution in [0.1, 0.15) is 42.9 Å². The Morgan fingerprint density at radius 3 is 3.05 bits per heavy atom. The van der Waals surface area contributed by atoms with Crippen molar-refractivity contribution in [3.8, 4) is 5.75 Å². The molecule has 4 rings (SSSR count). The van der Waals surface area contributed by atoms with Crippen molar-refractivity contribution in [2.75, 3.05) is 20.2 Å². The fourth-order valence-electron chi connectivity index (χ4n) is 4.42. The first kappa shape index (κ1) is 12.7. The van der Waals surface area contributed by atoms with Crippen LogP contribution in [-0.4, -0.2) is 37.2 Å². The van der Waals surface area contributed by atoms with E-state index in [2.05, 4.69) is 28.4 Å². The quantitative estimate of drug-likeness (QED) is 0.915. The molecule has 3 aliphatic rings. The Hall–Kier alpha value is -1.06. The molecular formula is C17H24N2O. The average Bonchev–Trinajstić information content (AvgIpc) is 3.16. The number of fused-ring (bicyclic) bond motifs is 2. The van der Waals surface area contributed by atoms with Crippen molar-refractivity contribution in [3.63, 3.8) is 0 Å². The van der Waals surface area contributed by atoms with Crippen molar-refractivity contribution in [3.05, 3.63) is 29.3 Å². The van der Waals surface area contributed by atoms with E-state index in [4.69, 9.17) is 4.74 Å². The molecule has 0 saturated carbocycles. The van der Waals surface area contributed by atoms with Gasteiger partial charge in [-0.1, -0.05) is 6.07 Å². The maximum atomic E-state index is 5.39. The second-order valence-corrected chi connectivity index (χ2v) is 6.46. The molecule has 1 aliphatic carbocycles. The fourth-order valence-corrected chi connectivity index (χ4v) is 4.42. The lowest BCUT2D eigenvalue weighted by atomic mass is 10.0. The molecule has 3 atom stereocenters. The van der Waals surface area contributed by atoms with Gasteiger partial charge in [0.15, 0.2) is 0 Å². The molecule has 0 aromatic heterocycles. The number of aryl methyl sites for hydroxylation is 1. The average molecular weight is 272 g/mol. The topological polar surface area (TPSA) is 24.5 Å². The predicted octanol–water partition coefficient (Wildman–Crippen LogP) is 2.51. The second kappa shape index (κ2) is 5.05. The first-order valence-electron chi connectivity index (χ1n) is 8.02. The molecule has 2 fully saturated rings. The maximum absolute atomic E-state index is 5.39. The van der Waals surface area contributed by atoms with Gasteiger partial charge in [0.05, 0.1) is 7.11 Å². The zero-order valence-corrected chi connectivity index (χ0v) is 12.3. The molecule has 0 bridgehead atoms. The summed E-state index contributed by atoms with van der Waals surface area (Å²) in [6, 6.07) is 8.60. The van der Waals surface area contributed by atoms with Gasteiger partial charge in [0.2, 0.25) is 0 Å². The predicted molar refractivity (Wildman–Crippen MR) is 80.2 cm³/mol. The van der Waals surface area contributed by atoms with E-state index in [1.54, 1.807) is 7.11 Å². The van der Waals surface area contributed by atoms with Gasteiger partial charge >= 0.3 is 0 Å².